The van der Waals surface area contributed by atoms with Gasteiger partial charge < -0.3 is 15.5 Å². The molecular formula is C17H25NO2. The summed E-state index contributed by atoms with van der Waals surface area (Å²) in [5.41, 5.74) is 0.377. The second-order valence-corrected chi connectivity index (χ2v) is 7.14. The number of hydrogen-bond acceptors (Lipinski definition) is 3. The molecule has 3 nitrogen and oxygen atoms in total. The highest BCUT2D eigenvalue weighted by atomic mass is 16.3. The Bertz CT molecular complexity index is 473. The molecule has 110 valence electrons. The van der Waals surface area contributed by atoms with Gasteiger partial charge >= 0.3 is 0 Å². The molecule has 3 heteroatoms. The summed E-state index contributed by atoms with van der Waals surface area (Å²) in [5, 5.41) is 24.5. The lowest BCUT2D eigenvalue weighted by atomic mass is 9.43. The van der Waals surface area contributed by atoms with Crippen molar-refractivity contribution in [1.29, 1.82) is 0 Å². The van der Waals surface area contributed by atoms with Gasteiger partial charge in [0.2, 0.25) is 0 Å². The van der Waals surface area contributed by atoms with E-state index in [1.165, 1.54) is 5.56 Å². The number of hydrogen-bond donors (Lipinski definition) is 3. The van der Waals surface area contributed by atoms with Gasteiger partial charge in [-0.15, -0.1) is 0 Å². The number of benzene rings is 1. The molecule has 3 aliphatic rings. The average Bonchev–Trinajstić information content (AvgIpc) is 2.42. The van der Waals surface area contributed by atoms with Crippen LogP contribution in [0.2, 0.25) is 0 Å². The molecule has 20 heavy (non-hydrogen) atoms. The predicted octanol–water partition coefficient (Wildman–Crippen LogP) is 1.93. The smallest absolute Gasteiger partial charge is 0.106 e. The summed E-state index contributed by atoms with van der Waals surface area (Å²) in [7, 11) is 0. The largest absolute Gasteiger partial charge is 0.390 e. The Kier molecular flexibility index (Phi) is 3.39. The van der Waals surface area contributed by atoms with Crippen molar-refractivity contribution in [3.63, 3.8) is 0 Å². The van der Waals surface area contributed by atoms with E-state index in [1.807, 2.05) is 18.2 Å². The first-order valence-electron chi connectivity index (χ1n) is 7.59. The third kappa shape index (κ3) is 2.09. The highest BCUT2D eigenvalue weighted by molar-refractivity contribution is 5.16. The van der Waals surface area contributed by atoms with E-state index in [0.717, 1.165) is 19.4 Å². The standard InChI is InChI=1S/C17H25NO2/c1-16(2)13-8-14(16)17(20,15(19)9-13)11-18-10-12-6-4-3-5-7-12/h3-7,13-15,18-20H,8-11H2,1-2H3/t13-,14-,15+,17-/m1/s1. The fourth-order valence-electron chi connectivity index (χ4n) is 4.21. The van der Waals surface area contributed by atoms with Gasteiger partial charge in [0.1, 0.15) is 5.60 Å². The van der Waals surface area contributed by atoms with Gasteiger partial charge in [0, 0.05) is 13.1 Å². The third-order valence-electron chi connectivity index (χ3n) is 5.74. The van der Waals surface area contributed by atoms with Crippen molar-refractivity contribution in [2.75, 3.05) is 6.54 Å². The maximum atomic E-state index is 10.9. The second kappa shape index (κ2) is 4.83. The Morgan fingerprint density at radius 3 is 2.55 bits per heavy atom. The van der Waals surface area contributed by atoms with Crippen LogP contribution in [0.3, 0.4) is 0 Å². The van der Waals surface area contributed by atoms with Gasteiger partial charge in [-0.1, -0.05) is 44.2 Å². The van der Waals surface area contributed by atoms with E-state index in [0.29, 0.717) is 12.5 Å². The summed E-state index contributed by atoms with van der Waals surface area (Å²) in [5.74, 6) is 0.768. The Labute approximate surface area is 121 Å². The molecule has 0 saturated heterocycles. The molecule has 0 aromatic heterocycles. The van der Waals surface area contributed by atoms with Crippen LogP contribution >= 0.6 is 0 Å². The van der Waals surface area contributed by atoms with E-state index >= 15 is 0 Å². The molecule has 3 N–H and O–H groups in total. The molecule has 0 spiro atoms. The first kappa shape index (κ1) is 14.1. The molecule has 0 heterocycles. The van der Waals surface area contributed by atoms with E-state index in [9.17, 15) is 10.2 Å². The van der Waals surface area contributed by atoms with Crippen molar-refractivity contribution >= 4 is 0 Å². The van der Waals surface area contributed by atoms with Gasteiger partial charge in [-0.2, -0.15) is 0 Å². The van der Waals surface area contributed by atoms with Crippen molar-refractivity contribution in [3.8, 4) is 0 Å². The molecule has 0 radical (unpaired) electrons. The fourth-order valence-corrected chi connectivity index (χ4v) is 4.21. The second-order valence-electron chi connectivity index (χ2n) is 7.14. The molecule has 3 fully saturated rings. The van der Waals surface area contributed by atoms with Crippen LogP contribution in [-0.4, -0.2) is 28.5 Å². The summed E-state index contributed by atoms with van der Waals surface area (Å²) in [6.07, 6.45) is 1.18. The lowest BCUT2D eigenvalue weighted by Crippen LogP contribution is -2.70. The molecule has 1 aromatic carbocycles. The Morgan fingerprint density at radius 2 is 1.90 bits per heavy atom. The molecule has 3 aliphatic carbocycles. The summed E-state index contributed by atoms with van der Waals surface area (Å²) in [6.45, 7) is 5.64. The van der Waals surface area contributed by atoms with Gasteiger partial charge in [0.05, 0.1) is 6.10 Å². The van der Waals surface area contributed by atoms with Crippen LogP contribution in [0, 0.1) is 17.3 Å². The minimum Gasteiger partial charge on any atom is -0.390 e. The van der Waals surface area contributed by atoms with Crippen LogP contribution in [0.5, 0.6) is 0 Å². The van der Waals surface area contributed by atoms with E-state index in [4.69, 9.17) is 0 Å². The van der Waals surface area contributed by atoms with Crippen molar-refractivity contribution in [2.45, 2.75) is 44.9 Å². The summed E-state index contributed by atoms with van der Waals surface area (Å²) in [6, 6.07) is 10.2. The first-order valence-corrected chi connectivity index (χ1v) is 7.59. The number of nitrogens with one attached hydrogen (secondary N) is 1. The Hall–Kier alpha value is -0.900. The molecule has 1 aromatic rings. The highest BCUT2D eigenvalue weighted by Gasteiger charge is 2.64. The molecule has 0 aliphatic heterocycles. The maximum Gasteiger partial charge on any atom is 0.106 e. The third-order valence-corrected chi connectivity index (χ3v) is 5.74. The molecule has 3 saturated carbocycles. The Balaban J connectivity index is 1.63. The van der Waals surface area contributed by atoms with Gasteiger partial charge in [-0.05, 0) is 35.7 Å². The van der Waals surface area contributed by atoms with E-state index in [2.05, 4.69) is 31.3 Å². The average molecular weight is 275 g/mol. The summed E-state index contributed by atoms with van der Waals surface area (Å²) < 4.78 is 0. The van der Waals surface area contributed by atoms with Gasteiger partial charge in [-0.3, -0.25) is 0 Å². The van der Waals surface area contributed by atoms with E-state index < -0.39 is 11.7 Å². The lowest BCUT2D eigenvalue weighted by molar-refractivity contribution is -0.251. The number of rotatable bonds is 4. The van der Waals surface area contributed by atoms with Crippen molar-refractivity contribution in [2.24, 2.45) is 17.3 Å². The molecule has 0 amide bonds. The quantitative estimate of drug-likeness (QED) is 0.787. The van der Waals surface area contributed by atoms with Crippen molar-refractivity contribution < 1.29 is 10.2 Å². The zero-order valence-corrected chi connectivity index (χ0v) is 12.3. The maximum absolute atomic E-state index is 10.9. The first-order chi connectivity index (χ1) is 9.44. The lowest BCUT2D eigenvalue weighted by Gasteiger charge is -2.65. The van der Waals surface area contributed by atoms with Crippen LogP contribution in [0.4, 0.5) is 0 Å². The van der Waals surface area contributed by atoms with Crippen molar-refractivity contribution in [3.05, 3.63) is 35.9 Å². The predicted molar refractivity (Wildman–Crippen MR) is 79.1 cm³/mol. The topological polar surface area (TPSA) is 52.5 Å². The zero-order chi connectivity index (χ0) is 14.4. The van der Waals surface area contributed by atoms with Crippen molar-refractivity contribution in [1.82, 2.24) is 5.32 Å². The monoisotopic (exact) mass is 275 g/mol. The van der Waals surface area contributed by atoms with E-state index in [1.54, 1.807) is 0 Å². The Morgan fingerprint density at radius 1 is 1.20 bits per heavy atom. The van der Waals surface area contributed by atoms with Gasteiger partial charge in [-0.25, -0.2) is 0 Å². The minimum atomic E-state index is -0.979. The van der Waals surface area contributed by atoms with Gasteiger partial charge in [0.25, 0.3) is 0 Å². The van der Waals surface area contributed by atoms with Crippen LogP contribution in [-0.2, 0) is 6.54 Å². The normalized spacial score (nSPS) is 38.3. The molecule has 2 bridgehead atoms. The number of fused-ring (bicyclic) bond motifs is 2. The molecule has 0 unspecified atom stereocenters. The highest BCUT2D eigenvalue weighted by Crippen LogP contribution is 2.62. The number of aliphatic hydroxyl groups excluding tert-OH is 1. The summed E-state index contributed by atoms with van der Waals surface area (Å²) >= 11 is 0. The SMILES string of the molecule is CC1(C)[C@@H]2C[C@H]1[C@](O)(CNCc1ccccc1)[C@@H](O)C2. The molecule has 4 rings (SSSR count). The van der Waals surface area contributed by atoms with Crippen LogP contribution in [0.25, 0.3) is 0 Å². The van der Waals surface area contributed by atoms with Crippen LogP contribution in [0.15, 0.2) is 30.3 Å². The van der Waals surface area contributed by atoms with Gasteiger partial charge in [0.15, 0.2) is 0 Å². The molecular weight excluding hydrogens is 250 g/mol. The molecule has 4 atom stereocenters. The zero-order valence-electron chi connectivity index (χ0n) is 12.3. The van der Waals surface area contributed by atoms with Crippen LogP contribution < -0.4 is 5.32 Å². The fraction of sp³-hybridized carbons (Fsp3) is 0.647. The summed E-state index contributed by atoms with van der Waals surface area (Å²) in [4.78, 5) is 0. The van der Waals surface area contributed by atoms with Crippen LogP contribution in [0.1, 0.15) is 32.3 Å². The minimum absolute atomic E-state index is 0.155. The van der Waals surface area contributed by atoms with E-state index in [-0.39, 0.29) is 11.3 Å². The number of aliphatic hydroxyl groups is 2.